The Bertz CT molecular complexity index is 945. The number of nitrogens with zero attached hydrogens (tertiary/aromatic N) is 4. The number of aliphatic hydroxyl groups is 1. The fourth-order valence-corrected chi connectivity index (χ4v) is 3.15. The van der Waals surface area contributed by atoms with Gasteiger partial charge in [-0.15, -0.1) is 0 Å². The molecule has 2 heterocycles. The number of esters is 1. The van der Waals surface area contributed by atoms with Crippen LogP contribution in [0.1, 0.15) is 18.2 Å². The zero-order valence-electron chi connectivity index (χ0n) is 17.5. The molecule has 1 aliphatic rings. The van der Waals surface area contributed by atoms with Crippen LogP contribution in [-0.2, 0) is 9.53 Å². The standard InChI is InChI=1S/C22H25N5O4/c1-16(28)20(21(29)31-2)25-22(30)27-13-11-26(12-14-27)19-7-4-17(5-8-19)3-6-18-15-23-9-10-24-18/h4-5,7-10,15-16,20,28H,11-14H2,1-2H3,(H,25,30)/t16-,20+/m1/s1. The Balaban J connectivity index is 1.54. The lowest BCUT2D eigenvalue weighted by molar-refractivity contribution is -0.145. The van der Waals surface area contributed by atoms with Crippen LogP contribution in [0.25, 0.3) is 0 Å². The number of nitrogens with one attached hydrogen (secondary N) is 1. The number of anilines is 1. The topological polar surface area (TPSA) is 108 Å². The molecule has 2 aromatic rings. The van der Waals surface area contributed by atoms with Gasteiger partial charge in [-0.1, -0.05) is 5.92 Å². The van der Waals surface area contributed by atoms with Crippen molar-refractivity contribution in [1.29, 1.82) is 0 Å². The van der Waals surface area contributed by atoms with E-state index in [2.05, 4.69) is 36.8 Å². The summed E-state index contributed by atoms with van der Waals surface area (Å²) in [7, 11) is 1.22. The van der Waals surface area contributed by atoms with Crippen LogP contribution in [0.4, 0.5) is 10.5 Å². The lowest BCUT2D eigenvalue weighted by Gasteiger charge is -2.36. The van der Waals surface area contributed by atoms with E-state index in [-0.39, 0.29) is 0 Å². The predicted molar refractivity (Wildman–Crippen MR) is 114 cm³/mol. The third kappa shape index (κ3) is 5.93. The van der Waals surface area contributed by atoms with E-state index in [4.69, 9.17) is 0 Å². The number of aliphatic hydroxyl groups excluding tert-OH is 1. The number of methoxy groups -OCH3 is 1. The van der Waals surface area contributed by atoms with Crippen LogP contribution in [0.2, 0.25) is 0 Å². The van der Waals surface area contributed by atoms with Crippen LogP contribution in [0.3, 0.4) is 0 Å². The fourth-order valence-electron chi connectivity index (χ4n) is 3.15. The monoisotopic (exact) mass is 423 g/mol. The highest BCUT2D eigenvalue weighted by molar-refractivity contribution is 5.84. The molecule has 162 valence electrons. The number of carbonyl (C=O) groups is 2. The van der Waals surface area contributed by atoms with Gasteiger partial charge in [-0.25, -0.2) is 14.6 Å². The normalized spacial score (nSPS) is 15.3. The number of rotatable bonds is 4. The van der Waals surface area contributed by atoms with Crippen LogP contribution in [-0.4, -0.2) is 77.4 Å². The second-order valence-corrected chi connectivity index (χ2v) is 7.05. The van der Waals surface area contributed by atoms with Crippen LogP contribution in [0.5, 0.6) is 0 Å². The number of hydrogen-bond acceptors (Lipinski definition) is 7. The molecular formula is C22H25N5O4. The van der Waals surface area contributed by atoms with E-state index in [1.54, 1.807) is 23.5 Å². The molecule has 1 aromatic carbocycles. The first kappa shape index (κ1) is 22.1. The summed E-state index contributed by atoms with van der Waals surface area (Å²) >= 11 is 0. The lowest BCUT2D eigenvalue weighted by Crippen LogP contribution is -2.57. The van der Waals surface area contributed by atoms with Gasteiger partial charge in [0.25, 0.3) is 0 Å². The minimum atomic E-state index is -1.09. The molecule has 1 saturated heterocycles. The number of hydrogen-bond donors (Lipinski definition) is 2. The van der Waals surface area contributed by atoms with Gasteiger partial charge in [0.1, 0.15) is 5.69 Å². The highest BCUT2D eigenvalue weighted by Crippen LogP contribution is 2.17. The van der Waals surface area contributed by atoms with Crippen LogP contribution in [0, 0.1) is 11.8 Å². The molecule has 2 atom stereocenters. The molecule has 9 nitrogen and oxygen atoms in total. The Morgan fingerprint density at radius 3 is 2.42 bits per heavy atom. The molecule has 1 aliphatic heterocycles. The van der Waals surface area contributed by atoms with Gasteiger partial charge in [-0.05, 0) is 37.1 Å². The number of aromatic nitrogens is 2. The molecule has 1 aromatic heterocycles. The first-order valence-corrected chi connectivity index (χ1v) is 9.92. The van der Waals surface area contributed by atoms with Gasteiger partial charge >= 0.3 is 12.0 Å². The van der Waals surface area contributed by atoms with Gasteiger partial charge in [0, 0.05) is 49.8 Å². The smallest absolute Gasteiger partial charge is 0.331 e. The molecular weight excluding hydrogens is 398 g/mol. The number of carbonyl (C=O) groups excluding carboxylic acids is 2. The average molecular weight is 423 g/mol. The largest absolute Gasteiger partial charge is 0.467 e. The van der Waals surface area contributed by atoms with Crippen molar-refractivity contribution in [2.75, 3.05) is 38.2 Å². The summed E-state index contributed by atoms with van der Waals surface area (Å²) in [6.07, 6.45) is 3.78. The molecule has 1 fully saturated rings. The van der Waals surface area contributed by atoms with Crippen molar-refractivity contribution in [3.8, 4) is 11.8 Å². The first-order valence-electron chi connectivity index (χ1n) is 9.92. The zero-order chi connectivity index (χ0) is 22.2. The number of ether oxygens (including phenoxy) is 1. The molecule has 3 rings (SSSR count). The van der Waals surface area contributed by atoms with Gasteiger partial charge in [-0.2, -0.15) is 0 Å². The zero-order valence-corrected chi connectivity index (χ0v) is 17.5. The van der Waals surface area contributed by atoms with E-state index in [1.807, 2.05) is 24.3 Å². The Kier molecular flexibility index (Phi) is 7.40. The summed E-state index contributed by atoms with van der Waals surface area (Å²) < 4.78 is 4.63. The van der Waals surface area contributed by atoms with Crippen molar-refractivity contribution in [3.05, 3.63) is 54.1 Å². The highest BCUT2D eigenvalue weighted by Gasteiger charge is 2.29. The van der Waals surface area contributed by atoms with Crippen molar-refractivity contribution in [2.24, 2.45) is 0 Å². The van der Waals surface area contributed by atoms with E-state index < -0.39 is 24.1 Å². The third-order valence-corrected chi connectivity index (χ3v) is 4.91. The van der Waals surface area contributed by atoms with Crippen LogP contribution in [0.15, 0.2) is 42.9 Å². The average Bonchev–Trinajstić information content (AvgIpc) is 2.81. The summed E-state index contributed by atoms with van der Waals surface area (Å²) in [5.41, 5.74) is 2.53. The maximum atomic E-state index is 12.5. The minimum Gasteiger partial charge on any atom is -0.467 e. The van der Waals surface area contributed by atoms with Crippen LogP contribution < -0.4 is 10.2 Å². The number of amides is 2. The van der Waals surface area contributed by atoms with Crippen molar-refractivity contribution in [1.82, 2.24) is 20.2 Å². The summed E-state index contributed by atoms with van der Waals surface area (Å²) in [5.74, 6) is 5.36. The second-order valence-electron chi connectivity index (χ2n) is 7.05. The molecule has 0 radical (unpaired) electrons. The lowest BCUT2D eigenvalue weighted by atomic mass is 10.1. The maximum Gasteiger partial charge on any atom is 0.331 e. The molecule has 9 heteroatoms. The SMILES string of the molecule is COC(=O)[C@@H](NC(=O)N1CCN(c2ccc(C#Cc3cnccn3)cc2)CC1)[C@@H](C)O. The summed E-state index contributed by atoms with van der Waals surface area (Å²) in [6.45, 7) is 3.72. The Labute approximate surface area is 181 Å². The van der Waals surface area contributed by atoms with E-state index in [0.29, 0.717) is 31.9 Å². The summed E-state index contributed by atoms with van der Waals surface area (Å²) in [5, 5.41) is 12.3. The molecule has 0 unspecified atom stereocenters. The molecule has 2 N–H and O–H groups in total. The Morgan fingerprint density at radius 2 is 1.84 bits per heavy atom. The Morgan fingerprint density at radius 1 is 1.13 bits per heavy atom. The van der Waals surface area contributed by atoms with E-state index in [1.165, 1.54) is 14.0 Å². The highest BCUT2D eigenvalue weighted by atomic mass is 16.5. The Hall–Kier alpha value is -3.64. The predicted octanol–water partition coefficient (Wildman–Crippen LogP) is 0.630. The molecule has 0 bridgehead atoms. The molecule has 2 amide bonds. The second kappa shape index (κ2) is 10.4. The van der Waals surface area contributed by atoms with Crippen molar-refractivity contribution >= 4 is 17.7 Å². The van der Waals surface area contributed by atoms with Crippen molar-refractivity contribution in [3.63, 3.8) is 0 Å². The molecule has 0 aliphatic carbocycles. The number of piperazine rings is 1. The molecule has 0 spiro atoms. The van der Waals surface area contributed by atoms with Gasteiger partial charge < -0.3 is 25.0 Å². The summed E-state index contributed by atoms with van der Waals surface area (Å²) in [6, 6.07) is 6.40. The quantitative estimate of drug-likeness (QED) is 0.549. The number of benzene rings is 1. The van der Waals surface area contributed by atoms with E-state index in [9.17, 15) is 14.7 Å². The van der Waals surface area contributed by atoms with Gasteiger partial charge in [0.05, 0.1) is 19.4 Å². The molecule has 0 saturated carbocycles. The van der Waals surface area contributed by atoms with E-state index >= 15 is 0 Å². The van der Waals surface area contributed by atoms with Gasteiger partial charge in [-0.3, -0.25) is 4.98 Å². The fraction of sp³-hybridized carbons (Fsp3) is 0.364. The van der Waals surface area contributed by atoms with Gasteiger partial charge in [0.2, 0.25) is 0 Å². The summed E-state index contributed by atoms with van der Waals surface area (Å²) in [4.78, 5) is 36.1. The van der Waals surface area contributed by atoms with Crippen molar-refractivity contribution < 1.29 is 19.4 Å². The molecule has 31 heavy (non-hydrogen) atoms. The number of urea groups is 1. The van der Waals surface area contributed by atoms with E-state index in [0.717, 1.165) is 11.3 Å². The first-order chi connectivity index (χ1) is 15.0. The maximum absolute atomic E-state index is 12.5. The van der Waals surface area contributed by atoms with Crippen LogP contribution >= 0.6 is 0 Å². The minimum absolute atomic E-state index is 0.398. The third-order valence-electron chi connectivity index (χ3n) is 4.91. The van der Waals surface area contributed by atoms with Gasteiger partial charge in [0.15, 0.2) is 6.04 Å². The van der Waals surface area contributed by atoms with Crippen molar-refractivity contribution in [2.45, 2.75) is 19.1 Å².